The van der Waals surface area contributed by atoms with Gasteiger partial charge in [-0.1, -0.05) is 0 Å². The number of aliphatic hydroxyl groups is 1. The van der Waals surface area contributed by atoms with Gasteiger partial charge in [0.25, 0.3) is 0 Å². The van der Waals surface area contributed by atoms with E-state index in [9.17, 15) is 9.90 Å². The fourth-order valence-electron chi connectivity index (χ4n) is 2.17. The summed E-state index contributed by atoms with van der Waals surface area (Å²) >= 11 is 0. The van der Waals surface area contributed by atoms with E-state index in [-0.39, 0.29) is 6.09 Å². The van der Waals surface area contributed by atoms with E-state index in [4.69, 9.17) is 4.74 Å². The topological polar surface area (TPSA) is 78.4 Å². The molecule has 2 rings (SSSR count). The molecule has 0 aromatic carbocycles. The van der Waals surface area contributed by atoms with Crippen molar-refractivity contribution in [1.29, 1.82) is 0 Å². The molecule has 1 aromatic rings. The van der Waals surface area contributed by atoms with Crippen molar-refractivity contribution < 1.29 is 14.6 Å². The molecule has 2 heterocycles. The lowest BCUT2D eigenvalue weighted by Crippen LogP contribution is -2.47. The average Bonchev–Trinajstić information content (AvgIpc) is 2.81. The number of aromatic amines is 1. The Bertz CT molecular complexity index is 428. The van der Waals surface area contributed by atoms with Crippen LogP contribution < -0.4 is 0 Å². The minimum Gasteiger partial charge on any atom is -0.444 e. The first-order valence-corrected chi connectivity index (χ1v) is 6.50. The highest BCUT2D eigenvalue weighted by molar-refractivity contribution is 5.68. The smallest absolute Gasteiger partial charge is 0.410 e. The summed E-state index contributed by atoms with van der Waals surface area (Å²) in [7, 11) is 0. The third-order valence-corrected chi connectivity index (χ3v) is 3.24. The van der Waals surface area contributed by atoms with Gasteiger partial charge >= 0.3 is 6.09 Å². The van der Waals surface area contributed by atoms with Crippen LogP contribution in [0.15, 0.2) is 12.3 Å². The molecule has 2 N–H and O–H groups in total. The molecule has 19 heavy (non-hydrogen) atoms. The number of hydrogen-bond acceptors (Lipinski definition) is 4. The fourth-order valence-corrected chi connectivity index (χ4v) is 2.17. The molecule has 106 valence electrons. The number of aromatic nitrogens is 2. The Balaban J connectivity index is 1.94. The Morgan fingerprint density at radius 1 is 1.47 bits per heavy atom. The second-order valence-corrected chi connectivity index (χ2v) is 5.97. The van der Waals surface area contributed by atoms with Gasteiger partial charge in [0.05, 0.1) is 5.69 Å². The van der Waals surface area contributed by atoms with Gasteiger partial charge < -0.3 is 14.7 Å². The summed E-state index contributed by atoms with van der Waals surface area (Å²) in [5.74, 6) is 0. The number of piperidine rings is 1. The molecule has 0 radical (unpaired) electrons. The Hall–Kier alpha value is -1.56. The molecule has 1 fully saturated rings. The molecule has 1 aromatic heterocycles. The van der Waals surface area contributed by atoms with Crippen molar-refractivity contribution in [2.75, 3.05) is 13.1 Å². The second kappa shape index (κ2) is 4.85. The van der Waals surface area contributed by atoms with E-state index in [1.807, 2.05) is 20.8 Å². The SMILES string of the molecule is CC(C)(C)OC(=O)N1CCC(O)(c2ccn[nH]2)CC1. The van der Waals surface area contributed by atoms with Crippen LogP contribution in [0.4, 0.5) is 4.79 Å². The third-order valence-electron chi connectivity index (χ3n) is 3.24. The van der Waals surface area contributed by atoms with E-state index >= 15 is 0 Å². The standard InChI is InChI=1S/C13H21N3O3/c1-12(2,3)19-11(17)16-8-5-13(18,6-9-16)10-4-7-14-15-10/h4,7,18H,5-6,8-9H2,1-3H3,(H,14,15). The van der Waals surface area contributed by atoms with Crippen molar-refractivity contribution in [2.45, 2.75) is 44.8 Å². The Morgan fingerprint density at radius 2 is 2.11 bits per heavy atom. The molecule has 6 nitrogen and oxygen atoms in total. The molecule has 1 aliphatic heterocycles. The maximum Gasteiger partial charge on any atom is 0.410 e. The second-order valence-electron chi connectivity index (χ2n) is 5.97. The van der Waals surface area contributed by atoms with Crippen LogP contribution in [-0.2, 0) is 10.3 Å². The number of likely N-dealkylation sites (tertiary alicyclic amines) is 1. The summed E-state index contributed by atoms with van der Waals surface area (Å²) in [5, 5.41) is 17.2. The molecule has 0 atom stereocenters. The normalized spacial score (nSPS) is 19.3. The van der Waals surface area contributed by atoms with Crippen LogP contribution in [0, 0.1) is 0 Å². The van der Waals surface area contributed by atoms with Gasteiger partial charge in [-0.15, -0.1) is 0 Å². The van der Waals surface area contributed by atoms with Crippen LogP contribution in [0.2, 0.25) is 0 Å². The van der Waals surface area contributed by atoms with Crippen LogP contribution in [0.3, 0.4) is 0 Å². The number of nitrogens with one attached hydrogen (secondary N) is 1. The maximum atomic E-state index is 11.9. The number of amides is 1. The van der Waals surface area contributed by atoms with Crippen molar-refractivity contribution in [3.8, 4) is 0 Å². The van der Waals surface area contributed by atoms with Crippen LogP contribution in [0.1, 0.15) is 39.3 Å². The van der Waals surface area contributed by atoms with Gasteiger partial charge in [-0.05, 0) is 39.7 Å². The molecule has 0 bridgehead atoms. The zero-order valence-corrected chi connectivity index (χ0v) is 11.6. The van der Waals surface area contributed by atoms with Crippen LogP contribution >= 0.6 is 0 Å². The molecule has 1 amide bonds. The van der Waals surface area contributed by atoms with E-state index in [0.717, 1.165) is 0 Å². The maximum absolute atomic E-state index is 11.9. The van der Waals surface area contributed by atoms with Crippen molar-refractivity contribution in [3.05, 3.63) is 18.0 Å². The molecule has 1 saturated heterocycles. The van der Waals surface area contributed by atoms with Gasteiger partial charge in [0.1, 0.15) is 11.2 Å². The predicted octanol–water partition coefficient (Wildman–Crippen LogP) is 1.63. The van der Waals surface area contributed by atoms with Gasteiger partial charge in [0.15, 0.2) is 0 Å². The van der Waals surface area contributed by atoms with E-state index < -0.39 is 11.2 Å². The fraction of sp³-hybridized carbons (Fsp3) is 0.692. The number of rotatable bonds is 1. The van der Waals surface area contributed by atoms with E-state index in [2.05, 4.69) is 10.2 Å². The lowest BCUT2D eigenvalue weighted by molar-refractivity contribution is -0.0381. The van der Waals surface area contributed by atoms with Crippen LogP contribution in [-0.4, -0.2) is 45.0 Å². The highest BCUT2D eigenvalue weighted by Gasteiger charge is 2.37. The number of ether oxygens (including phenoxy) is 1. The predicted molar refractivity (Wildman–Crippen MR) is 69.5 cm³/mol. The molecular weight excluding hydrogens is 246 g/mol. The van der Waals surface area contributed by atoms with Crippen molar-refractivity contribution in [3.63, 3.8) is 0 Å². The first kappa shape index (κ1) is 13.9. The highest BCUT2D eigenvalue weighted by atomic mass is 16.6. The quantitative estimate of drug-likeness (QED) is 0.810. The minimum absolute atomic E-state index is 0.320. The lowest BCUT2D eigenvalue weighted by atomic mass is 9.88. The minimum atomic E-state index is -0.922. The Morgan fingerprint density at radius 3 is 2.58 bits per heavy atom. The largest absolute Gasteiger partial charge is 0.444 e. The average molecular weight is 267 g/mol. The number of carbonyl (C=O) groups excluding carboxylic acids is 1. The molecule has 1 aliphatic rings. The molecule has 0 spiro atoms. The van der Waals surface area contributed by atoms with Gasteiger partial charge in [-0.25, -0.2) is 4.79 Å². The van der Waals surface area contributed by atoms with E-state index in [1.54, 1.807) is 17.2 Å². The highest BCUT2D eigenvalue weighted by Crippen LogP contribution is 2.31. The van der Waals surface area contributed by atoms with Crippen molar-refractivity contribution >= 4 is 6.09 Å². The molecular formula is C13H21N3O3. The van der Waals surface area contributed by atoms with Crippen LogP contribution in [0.5, 0.6) is 0 Å². The number of carbonyl (C=O) groups is 1. The lowest BCUT2D eigenvalue weighted by Gasteiger charge is -2.37. The summed E-state index contributed by atoms with van der Waals surface area (Å²) in [5.41, 5.74) is -0.709. The summed E-state index contributed by atoms with van der Waals surface area (Å²) in [6.07, 6.45) is 2.26. The van der Waals surface area contributed by atoms with Gasteiger partial charge in [-0.3, -0.25) is 5.10 Å². The third kappa shape index (κ3) is 3.26. The number of hydrogen-bond donors (Lipinski definition) is 2. The molecule has 0 aliphatic carbocycles. The van der Waals surface area contributed by atoms with Crippen molar-refractivity contribution in [2.24, 2.45) is 0 Å². The monoisotopic (exact) mass is 267 g/mol. The number of H-pyrrole nitrogens is 1. The molecule has 0 unspecified atom stereocenters. The van der Waals surface area contributed by atoms with Gasteiger partial charge in [0, 0.05) is 19.3 Å². The van der Waals surface area contributed by atoms with Crippen LogP contribution in [0.25, 0.3) is 0 Å². The van der Waals surface area contributed by atoms with Gasteiger partial charge in [-0.2, -0.15) is 5.10 Å². The van der Waals surface area contributed by atoms with E-state index in [1.165, 1.54) is 0 Å². The Kier molecular flexibility index (Phi) is 3.54. The molecule has 6 heteroatoms. The van der Waals surface area contributed by atoms with Crippen molar-refractivity contribution in [1.82, 2.24) is 15.1 Å². The summed E-state index contributed by atoms with van der Waals surface area (Å²) < 4.78 is 5.32. The zero-order valence-electron chi connectivity index (χ0n) is 11.6. The summed E-state index contributed by atoms with van der Waals surface area (Å²) in [6.45, 7) is 6.48. The summed E-state index contributed by atoms with van der Waals surface area (Å²) in [4.78, 5) is 13.5. The van der Waals surface area contributed by atoms with E-state index in [0.29, 0.717) is 31.6 Å². The summed E-state index contributed by atoms with van der Waals surface area (Å²) in [6, 6.07) is 1.77. The zero-order chi connectivity index (χ0) is 14.1. The first-order chi connectivity index (χ1) is 8.80. The first-order valence-electron chi connectivity index (χ1n) is 6.50. The van der Waals surface area contributed by atoms with Gasteiger partial charge in [0.2, 0.25) is 0 Å². The number of nitrogens with zero attached hydrogens (tertiary/aromatic N) is 2. The Labute approximate surface area is 112 Å². The molecule has 0 saturated carbocycles.